The van der Waals surface area contributed by atoms with E-state index in [0.717, 1.165) is 29.0 Å². The normalized spacial score (nSPS) is 10.7. The smallest absolute Gasteiger partial charge is 0.258 e. The standard InChI is InChI=1S/C21H20Cl2N2O3S/c1-4-5-18-19(12-8-14(27-2)11-15(9-12)28-3)24-21(29-18)25-20(26)16-7-6-13(22)10-17(16)23/h6-11H,4-5H2,1-3H3,(H,24,25,26). The first-order chi connectivity index (χ1) is 13.9. The molecule has 2 aromatic carbocycles. The van der Waals surface area contributed by atoms with Crippen molar-refractivity contribution in [2.45, 2.75) is 19.8 Å². The van der Waals surface area contributed by atoms with Gasteiger partial charge < -0.3 is 9.47 Å². The topological polar surface area (TPSA) is 60.5 Å². The van der Waals surface area contributed by atoms with Gasteiger partial charge >= 0.3 is 0 Å². The number of carbonyl (C=O) groups excluding carboxylic acids is 1. The molecule has 1 heterocycles. The van der Waals surface area contributed by atoms with Crippen molar-refractivity contribution in [1.29, 1.82) is 0 Å². The number of benzene rings is 2. The number of thiazole rings is 1. The summed E-state index contributed by atoms with van der Waals surface area (Å²) in [4.78, 5) is 18.4. The number of aryl methyl sites for hydroxylation is 1. The minimum Gasteiger partial charge on any atom is -0.497 e. The Morgan fingerprint density at radius 3 is 2.38 bits per heavy atom. The fraction of sp³-hybridized carbons (Fsp3) is 0.238. The summed E-state index contributed by atoms with van der Waals surface area (Å²) >= 11 is 13.5. The number of nitrogens with one attached hydrogen (secondary N) is 1. The highest BCUT2D eigenvalue weighted by Gasteiger charge is 2.18. The number of aromatic nitrogens is 1. The van der Waals surface area contributed by atoms with Crippen LogP contribution in [0.25, 0.3) is 11.3 Å². The highest BCUT2D eigenvalue weighted by atomic mass is 35.5. The number of nitrogens with zero attached hydrogens (tertiary/aromatic N) is 1. The second-order valence-electron chi connectivity index (χ2n) is 6.22. The Morgan fingerprint density at radius 1 is 1.10 bits per heavy atom. The fourth-order valence-corrected chi connectivity index (χ4v) is 4.38. The van der Waals surface area contributed by atoms with E-state index in [0.29, 0.717) is 27.2 Å². The van der Waals surface area contributed by atoms with Crippen molar-refractivity contribution in [3.05, 3.63) is 56.9 Å². The number of halogens is 2. The van der Waals surface area contributed by atoms with Gasteiger partial charge in [-0.05, 0) is 36.8 Å². The third-order valence-corrected chi connectivity index (χ3v) is 5.77. The van der Waals surface area contributed by atoms with Gasteiger partial charge in [0.15, 0.2) is 5.13 Å². The molecule has 1 N–H and O–H groups in total. The molecule has 0 aliphatic rings. The molecule has 1 amide bonds. The number of hydrogen-bond donors (Lipinski definition) is 1. The molecule has 0 atom stereocenters. The van der Waals surface area contributed by atoms with E-state index in [1.165, 1.54) is 17.4 Å². The number of amides is 1. The Kier molecular flexibility index (Phi) is 7.00. The van der Waals surface area contributed by atoms with Crippen molar-refractivity contribution in [3.8, 4) is 22.8 Å². The summed E-state index contributed by atoms with van der Waals surface area (Å²) in [5.41, 5.74) is 2.00. The summed E-state index contributed by atoms with van der Waals surface area (Å²) in [5.74, 6) is 1.01. The van der Waals surface area contributed by atoms with Crippen molar-refractivity contribution >= 4 is 45.6 Å². The number of methoxy groups -OCH3 is 2. The first kappa shape index (κ1) is 21.4. The van der Waals surface area contributed by atoms with Gasteiger partial charge in [0.25, 0.3) is 5.91 Å². The maximum atomic E-state index is 12.7. The van der Waals surface area contributed by atoms with Crippen LogP contribution in [0.1, 0.15) is 28.6 Å². The summed E-state index contributed by atoms with van der Waals surface area (Å²) < 4.78 is 10.7. The number of rotatable bonds is 7. The van der Waals surface area contributed by atoms with Gasteiger partial charge in [0.05, 0.1) is 30.5 Å². The van der Waals surface area contributed by atoms with Crippen LogP contribution in [-0.4, -0.2) is 25.1 Å². The third-order valence-electron chi connectivity index (χ3n) is 4.20. The van der Waals surface area contributed by atoms with Gasteiger partial charge in [-0.1, -0.05) is 36.5 Å². The predicted octanol–water partition coefficient (Wildman–Crippen LogP) is 6.34. The molecule has 0 unspecified atom stereocenters. The van der Waals surface area contributed by atoms with E-state index in [4.69, 9.17) is 32.7 Å². The molecule has 0 spiro atoms. The maximum Gasteiger partial charge on any atom is 0.258 e. The Balaban J connectivity index is 1.96. The van der Waals surface area contributed by atoms with Gasteiger partial charge in [-0.3, -0.25) is 10.1 Å². The first-order valence-corrected chi connectivity index (χ1v) is 10.5. The lowest BCUT2D eigenvalue weighted by Gasteiger charge is -2.08. The summed E-state index contributed by atoms with van der Waals surface area (Å²) in [6, 6.07) is 10.4. The SMILES string of the molecule is CCCc1sc(NC(=O)c2ccc(Cl)cc2Cl)nc1-c1cc(OC)cc(OC)c1. The molecule has 0 fully saturated rings. The van der Waals surface area contributed by atoms with Crippen molar-refractivity contribution in [3.63, 3.8) is 0 Å². The lowest BCUT2D eigenvalue weighted by Crippen LogP contribution is -2.12. The Bertz CT molecular complexity index is 1010. The van der Waals surface area contributed by atoms with E-state index in [9.17, 15) is 4.79 Å². The minimum atomic E-state index is -0.335. The Labute approximate surface area is 183 Å². The highest BCUT2D eigenvalue weighted by Crippen LogP contribution is 2.36. The zero-order chi connectivity index (χ0) is 21.0. The first-order valence-electron chi connectivity index (χ1n) is 8.94. The summed E-state index contributed by atoms with van der Waals surface area (Å²) in [5, 5.41) is 4.11. The Morgan fingerprint density at radius 2 is 1.79 bits per heavy atom. The van der Waals surface area contributed by atoms with Crippen LogP contribution in [0.3, 0.4) is 0 Å². The molecular weight excluding hydrogens is 431 g/mol. The van der Waals surface area contributed by atoms with Gasteiger partial charge in [0, 0.05) is 21.5 Å². The quantitative estimate of drug-likeness (QED) is 0.456. The van der Waals surface area contributed by atoms with E-state index in [1.54, 1.807) is 32.4 Å². The molecule has 0 saturated heterocycles. The van der Waals surface area contributed by atoms with Crippen LogP contribution in [0.15, 0.2) is 36.4 Å². The van der Waals surface area contributed by atoms with Crippen LogP contribution >= 0.6 is 34.5 Å². The van der Waals surface area contributed by atoms with Crippen LogP contribution < -0.4 is 14.8 Å². The van der Waals surface area contributed by atoms with Crippen LogP contribution in [0.4, 0.5) is 5.13 Å². The van der Waals surface area contributed by atoms with E-state index >= 15 is 0 Å². The van der Waals surface area contributed by atoms with Gasteiger partial charge in [-0.15, -0.1) is 11.3 Å². The van der Waals surface area contributed by atoms with Crippen LogP contribution in [0, 0.1) is 0 Å². The number of carbonyl (C=O) groups is 1. The molecule has 29 heavy (non-hydrogen) atoms. The molecular formula is C21H20Cl2N2O3S. The van der Waals surface area contributed by atoms with E-state index < -0.39 is 0 Å². The monoisotopic (exact) mass is 450 g/mol. The molecule has 5 nitrogen and oxygen atoms in total. The summed E-state index contributed by atoms with van der Waals surface area (Å²) in [6.45, 7) is 2.10. The van der Waals surface area contributed by atoms with E-state index in [2.05, 4.69) is 17.2 Å². The van der Waals surface area contributed by atoms with Crippen LogP contribution in [0.5, 0.6) is 11.5 Å². The van der Waals surface area contributed by atoms with Gasteiger partial charge in [0.1, 0.15) is 11.5 Å². The molecule has 0 bridgehead atoms. The Hall–Kier alpha value is -2.28. The van der Waals surface area contributed by atoms with E-state index in [-0.39, 0.29) is 10.9 Å². The van der Waals surface area contributed by atoms with Crippen molar-refractivity contribution in [2.24, 2.45) is 0 Å². The van der Waals surface area contributed by atoms with Gasteiger partial charge in [-0.25, -0.2) is 4.98 Å². The van der Waals surface area contributed by atoms with Crippen LogP contribution in [-0.2, 0) is 6.42 Å². The summed E-state index contributed by atoms with van der Waals surface area (Å²) in [6.07, 6.45) is 1.79. The highest BCUT2D eigenvalue weighted by molar-refractivity contribution is 7.16. The van der Waals surface area contributed by atoms with Gasteiger partial charge in [-0.2, -0.15) is 0 Å². The molecule has 152 valence electrons. The number of hydrogen-bond acceptors (Lipinski definition) is 5. The molecule has 0 aliphatic heterocycles. The average molecular weight is 451 g/mol. The minimum absolute atomic E-state index is 0.290. The zero-order valence-electron chi connectivity index (χ0n) is 16.2. The largest absolute Gasteiger partial charge is 0.497 e. The maximum absolute atomic E-state index is 12.7. The second kappa shape index (κ2) is 9.48. The summed E-state index contributed by atoms with van der Waals surface area (Å²) in [7, 11) is 3.21. The van der Waals surface area contributed by atoms with Gasteiger partial charge in [0.2, 0.25) is 0 Å². The van der Waals surface area contributed by atoms with Crippen LogP contribution in [0.2, 0.25) is 10.0 Å². The molecule has 1 aromatic heterocycles. The second-order valence-corrected chi connectivity index (χ2v) is 8.15. The molecule has 0 saturated carbocycles. The number of anilines is 1. The van der Waals surface area contributed by atoms with Crippen molar-refractivity contribution in [1.82, 2.24) is 4.98 Å². The molecule has 0 aliphatic carbocycles. The molecule has 3 rings (SSSR count). The lowest BCUT2D eigenvalue weighted by molar-refractivity contribution is 0.102. The average Bonchev–Trinajstić information content (AvgIpc) is 3.09. The zero-order valence-corrected chi connectivity index (χ0v) is 18.5. The van der Waals surface area contributed by atoms with E-state index in [1.807, 2.05) is 12.1 Å². The molecule has 3 aromatic rings. The molecule has 8 heteroatoms. The number of ether oxygens (including phenoxy) is 2. The van der Waals surface area contributed by atoms with Crippen molar-refractivity contribution < 1.29 is 14.3 Å². The lowest BCUT2D eigenvalue weighted by atomic mass is 10.1. The predicted molar refractivity (Wildman–Crippen MR) is 119 cm³/mol. The van der Waals surface area contributed by atoms with Crippen molar-refractivity contribution in [2.75, 3.05) is 19.5 Å². The third kappa shape index (κ3) is 5.01. The molecule has 0 radical (unpaired) electrons. The fourth-order valence-electron chi connectivity index (χ4n) is 2.81.